The molecule has 3 N–H and O–H groups in total. The van der Waals surface area contributed by atoms with E-state index in [0.717, 1.165) is 10.7 Å². The molecule has 1 aromatic heterocycles. The van der Waals surface area contributed by atoms with Gasteiger partial charge < -0.3 is 11.1 Å². The van der Waals surface area contributed by atoms with Gasteiger partial charge in [-0.15, -0.1) is 11.3 Å². The standard InChI is InChI=1S/C11H19N3OS/c1-6(2)9(12)5-13-11(15)10-7(3)14-8(4)16-10/h6,9H,5,12H2,1-4H3,(H,13,15). The van der Waals surface area contributed by atoms with Gasteiger partial charge >= 0.3 is 0 Å². The van der Waals surface area contributed by atoms with Crippen LogP contribution in [0.2, 0.25) is 0 Å². The van der Waals surface area contributed by atoms with E-state index in [1.54, 1.807) is 0 Å². The average molecular weight is 241 g/mol. The summed E-state index contributed by atoms with van der Waals surface area (Å²) in [7, 11) is 0. The highest BCUT2D eigenvalue weighted by atomic mass is 32.1. The average Bonchev–Trinajstić information content (AvgIpc) is 2.53. The zero-order valence-electron chi connectivity index (χ0n) is 10.2. The van der Waals surface area contributed by atoms with Gasteiger partial charge in [0.1, 0.15) is 4.88 Å². The monoisotopic (exact) mass is 241 g/mol. The molecule has 90 valence electrons. The third-order valence-electron chi connectivity index (χ3n) is 2.46. The van der Waals surface area contributed by atoms with Crippen LogP contribution in [0.15, 0.2) is 0 Å². The van der Waals surface area contributed by atoms with E-state index in [4.69, 9.17) is 5.73 Å². The molecule has 0 radical (unpaired) electrons. The number of hydrogen-bond donors (Lipinski definition) is 2. The fourth-order valence-electron chi connectivity index (χ4n) is 1.27. The molecule has 0 aliphatic carbocycles. The van der Waals surface area contributed by atoms with Gasteiger partial charge in [0.2, 0.25) is 0 Å². The molecule has 0 saturated carbocycles. The fraction of sp³-hybridized carbons (Fsp3) is 0.636. The summed E-state index contributed by atoms with van der Waals surface area (Å²) in [5.74, 6) is 0.295. The van der Waals surface area contributed by atoms with Crippen molar-refractivity contribution < 1.29 is 4.79 Å². The van der Waals surface area contributed by atoms with Crippen LogP contribution >= 0.6 is 11.3 Å². The number of carbonyl (C=O) groups is 1. The lowest BCUT2D eigenvalue weighted by atomic mass is 10.1. The van der Waals surface area contributed by atoms with Crippen LogP contribution in [0, 0.1) is 19.8 Å². The molecule has 0 spiro atoms. The van der Waals surface area contributed by atoms with Gasteiger partial charge in [-0.05, 0) is 19.8 Å². The molecule has 1 rings (SSSR count). The molecule has 0 aliphatic heterocycles. The smallest absolute Gasteiger partial charge is 0.263 e. The van der Waals surface area contributed by atoms with Crippen LogP contribution in [-0.4, -0.2) is 23.5 Å². The van der Waals surface area contributed by atoms with Crippen LogP contribution in [0.3, 0.4) is 0 Å². The minimum Gasteiger partial charge on any atom is -0.350 e. The summed E-state index contributed by atoms with van der Waals surface area (Å²) in [6.45, 7) is 8.33. The Kier molecular flexibility index (Phi) is 4.44. The summed E-state index contributed by atoms with van der Waals surface area (Å²) >= 11 is 1.42. The maximum absolute atomic E-state index is 11.8. The molecule has 0 aliphatic rings. The molecular formula is C11H19N3OS. The van der Waals surface area contributed by atoms with Crippen LogP contribution in [0.4, 0.5) is 0 Å². The zero-order chi connectivity index (χ0) is 12.3. The number of nitrogens with zero attached hydrogens (tertiary/aromatic N) is 1. The largest absolute Gasteiger partial charge is 0.350 e. The van der Waals surface area contributed by atoms with E-state index in [9.17, 15) is 4.79 Å². The predicted octanol–water partition coefficient (Wildman–Crippen LogP) is 1.47. The highest BCUT2D eigenvalue weighted by molar-refractivity contribution is 7.13. The number of carbonyl (C=O) groups excluding carboxylic acids is 1. The number of aryl methyl sites for hydroxylation is 2. The zero-order valence-corrected chi connectivity index (χ0v) is 11.0. The second kappa shape index (κ2) is 5.41. The molecule has 1 atom stereocenters. The van der Waals surface area contributed by atoms with Crippen LogP contribution in [0.25, 0.3) is 0 Å². The molecular weight excluding hydrogens is 222 g/mol. The summed E-state index contributed by atoms with van der Waals surface area (Å²) in [6, 6.07) is -0.00160. The minimum absolute atomic E-state index is 0.00160. The van der Waals surface area contributed by atoms with E-state index >= 15 is 0 Å². The maximum Gasteiger partial charge on any atom is 0.263 e. The Balaban J connectivity index is 2.56. The number of hydrogen-bond acceptors (Lipinski definition) is 4. The summed E-state index contributed by atoms with van der Waals surface area (Å²) in [6.07, 6.45) is 0. The lowest BCUT2D eigenvalue weighted by Crippen LogP contribution is -2.40. The molecule has 0 bridgehead atoms. The number of nitrogens with one attached hydrogen (secondary N) is 1. The minimum atomic E-state index is -0.0702. The van der Waals surface area contributed by atoms with Crippen LogP contribution in [0.1, 0.15) is 34.2 Å². The Morgan fingerprint density at radius 3 is 2.56 bits per heavy atom. The summed E-state index contributed by atoms with van der Waals surface area (Å²) < 4.78 is 0. The van der Waals surface area contributed by atoms with E-state index < -0.39 is 0 Å². The van der Waals surface area contributed by atoms with Gasteiger partial charge in [0.25, 0.3) is 5.91 Å². The number of aromatic nitrogens is 1. The topological polar surface area (TPSA) is 68.0 Å². The van der Waals surface area contributed by atoms with Gasteiger partial charge in [0, 0.05) is 12.6 Å². The number of nitrogens with two attached hydrogens (primary N) is 1. The molecule has 1 amide bonds. The van der Waals surface area contributed by atoms with Crippen LogP contribution in [-0.2, 0) is 0 Å². The van der Waals surface area contributed by atoms with Crippen molar-refractivity contribution in [1.29, 1.82) is 0 Å². The van der Waals surface area contributed by atoms with E-state index in [1.165, 1.54) is 11.3 Å². The Hall–Kier alpha value is -0.940. The van der Waals surface area contributed by atoms with Crippen molar-refractivity contribution in [2.45, 2.75) is 33.7 Å². The Labute approximate surface area is 100 Å². The molecule has 0 fully saturated rings. The van der Waals surface area contributed by atoms with Gasteiger partial charge in [0.15, 0.2) is 0 Å². The van der Waals surface area contributed by atoms with Crippen molar-refractivity contribution in [2.75, 3.05) is 6.54 Å². The summed E-state index contributed by atoms with van der Waals surface area (Å²) in [5, 5.41) is 3.75. The first-order valence-corrected chi connectivity index (χ1v) is 6.21. The Morgan fingerprint density at radius 1 is 1.50 bits per heavy atom. The van der Waals surface area contributed by atoms with Crippen molar-refractivity contribution in [3.63, 3.8) is 0 Å². The van der Waals surface area contributed by atoms with Gasteiger partial charge in [-0.2, -0.15) is 0 Å². The van der Waals surface area contributed by atoms with Crippen LogP contribution < -0.4 is 11.1 Å². The third-order valence-corrected chi connectivity index (χ3v) is 3.54. The maximum atomic E-state index is 11.8. The molecule has 0 aromatic carbocycles. The first-order valence-electron chi connectivity index (χ1n) is 5.39. The molecule has 4 nitrogen and oxygen atoms in total. The lowest BCUT2D eigenvalue weighted by Gasteiger charge is -2.15. The van der Waals surface area contributed by atoms with Crippen LogP contribution in [0.5, 0.6) is 0 Å². The molecule has 1 heterocycles. The molecule has 1 aromatic rings. The number of amides is 1. The first-order chi connectivity index (χ1) is 7.41. The lowest BCUT2D eigenvalue weighted by molar-refractivity contribution is 0.0952. The van der Waals surface area contributed by atoms with E-state index in [-0.39, 0.29) is 11.9 Å². The third kappa shape index (κ3) is 3.28. The molecule has 16 heavy (non-hydrogen) atoms. The van der Waals surface area contributed by atoms with Crippen molar-refractivity contribution in [2.24, 2.45) is 11.7 Å². The fourth-order valence-corrected chi connectivity index (χ4v) is 2.10. The molecule has 1 unspecified atom stereocenters. The number of thiazole rings is 1. The SMILES string of the molecule is Cc1nc(C)c(C(=O)NCC(N)C(C)C)s1. The van der Waals surface area contributed by atoms with Crippen molar-refractivity contribution >= 4 is 17.2 Å². The summed E-state index contributed by atoms with van der Waals surface area (Å²) in [5.41, 5.74) is 6.65. The quantitative estimate of drug-likeness (QED) is 0.839. The molecule has 5 heteroatoms. The number of rotatable bonds is 4. The van der Waals surface area contributed by atoms with Gasteiger partial charge in [-0.3, -0.25) is 4.79 Å². The Bertz CT molecular complexity index is 373. The van der Waals surface area contributed by atoms with Gasteiger partial charge in [0.05, 0.1) is 10.7 Å². The molecule has 0 saturated heterocycles. The summed E-state index contributed by atoms with van der Waals surface area (Å²) in [4.78, 5) is 16.7. The van der Waals surface area contributed by atoms with E-state index in [1.807, 2.05) is 27.7 Å². The highest BCUT2D eigenvalue weighted by Crippen LogP contribution is 2.16. The van der Waals surface area contributed by atoms with E-state index in [2.05, 4.69) is 10.3 Å². The van der Waals surface area contributed by atoms with Crippen molar-refractivity contribution in [3.05, 3.63) is 15.6 Å². The van der Waals surface area contributed by atoms with Crippen molar-refractivity contribution in [3.8, 4) is 0 Å². The first kappa shape index (κ1) is 13.1. The van der Waals surface area contributed by atoms with Crippen molar-refractivity contribution in [1.82, 2.24) is 10.3 Å². The highest BCUT2D eigenvalue weighted by Gasteiger charge is 2.15. The Morgan fingerprint density at radius 2 is 2.12 bits per heavy atom. The van der Waals surface area contributed by atoms with E-state index in [0.29, 0.717) is 17.3 Å². The van der Waals surface area contributed by atoms with Gasteiger partial charge in [-0.1, -0.05) is 13.8 Å². The second-order valence-corrected chi connectivity index (χ2v) is 5.47. The second-order valence-electron chi connectivity index (χ2n) is 4.27. The van der Waals surface area contributed by atoms with Gasteiger partial charge in [-0.25, -0.2) is 4.98 Å². The normalized spacial score (nSPS) is 12.9. The predicted molar refractivity (Wildman–Crippen MR) is 66.7 cm³/mol.